The maximum absolute atomic E-state index is 12.7. The molecule has 0 aliphatic rings. The van der Waals surface area contributed by atoms with Crippen LogP contribution >= 0.6 is 11.6 Å². The molecule has 2 atom stereocenters. The highest BCUT2D eigenvalue weighted by atomic mass is 35.5. The number of carbonyl (C=O) groups excluding carboxylic acids is 3. The number of benzene rings is 2. The number of hydrogen-bond donors (Lipinski definition) is 2. The minimum atomic E-state index is -1.62. The molecule has 2 unspecified atom stereocenters. The SMILES string of the molecule is CCOC(=O)OCOC(=O)C(O)CC(Cc1ccc(-c2cccc(Cl)c2)cc1)NC(=O)c1cc(OC)no1. The van der Waals surface area contributed by atoms with Gasteiger partial charge in [0.25, 0.3) is 11.8 Å². The highest BCUT2D eigenvalue weighted by Crippen LogP contribution is 2.23. The Labute approximate surface area is 223 Å². The van der Waals surface area contributed by atoms with E-state index < -0.39 is 37.0 Å². The van der Waals surface area contributed by atoms with Crippen LogP contribution in [0.15, 0.2) is 59.1 Å². The summed E-state index contributed by atoms with van der Waals surface area (Å²) < 4.78 is 23.8. The van der Waals surface area contributed by atoms with Gasteiger partial charge >= 0.3 is 12.1 Å². The third-order valence-electron chi connectivity index (χ3n) is 5.27. The van der Waals surface area contributed by atoms with E-state index in [1.165, 1.54) is 13.2 Å². The van der Waals surface area contributed by atoms with Crippen LogP contribution in [0.3, 0.4) is 0 Å². The number of aromatic nitrogens is 1. The van der Waals surface area contributed by atoms with Gasteiger partial charge in [0, 0.05) is 17.5 Å². The number of halogens is 1. The first-order chi connectivity index (χ1) is 18.3. The molecule has 0 aliphatic heterocycles. The zero-order chi connectivity index (χ0) is 27.5. The van der Waals surface area contributed by atoms with Crippen LogP contribution in [0.1, 0.15) is 29.5 Å². The van der Waals surface area contributed by atoms with Crippen molar-refractivity contribution in [3.63, 3.8) is 0 Å². The van der Waals surface area contributed by atoms with E-state index in [1.54, 1.807) is 13.0 Å². The van der Waals surface area contributed by atoms with Gasteiger partial charge in [0.1, 0.15) is 0 Å². The topological polar surface area (TPSA) is 146 Å². The molecule has 3 rings (SSSR count). The van der Waals surface area contributed by atoms with Crippen LogP contribution in [0.25, 0.3) is 11.1 Å². The van der Waals surface area contributed by atoms with E-state index in [0.29, 0.717) is 5.02 Å². The van der Waals surface area contributed by atoms with Crippen molar-refractivity contribution in [2.75, 3.05) is 20.5 Å². The van der Waals surface area contributed by atoms with Crippen molar-refractivity contribution in [3.05, 3.63) is 70.9 Å². The second-order valence-electron chi connectivity index (χ2n) is 7.98. The quantitative estimate of drug-likeness (QED) is 0.254. The van der Waals surface area contributed by atoms with Crippen LogP contribution in [0, 0.1) is 0 Å². The van der Waals surface area contributed by atoms with Gasteiger partial charge in [-0.1, -0.05) is 48.0 Å². The predicted octanol–water partition coefficient (Wildman–Crippen LogP) is 3.77. The van der Waals surface area contributed by atoms with Gasteiger partial charge in [-0.2, -0.15) is 0 Å². The molecular formula is C26H27ClN2O9. The van der Waals surface area contributed by atoms with Gasteiger partial charge in [-0.25, -0.2) is 9.59 Å². The standard InChI is InChI=1S/C26H27ClN2O9/c1-3-35-26(33)37-15-36-25(32)21(30)13-20(28-24(31)22-14-23(34-2)29-38-22)11-16-7-9-17(10-8-16)18-5-4-6-19(27)12-18/h4-10,12,14,20-21,30H,3,11,13,15H2,1-2H3,(H,28,31). The summed E-state index contributed by atoms with van der Waals surface area (Å²) in [6.45, 7) is 0.952. The summed E-state index contributed by atoms with van der Waals surface area (Å²) in [6, 6.07) is 15.5. The Kier molecular flexibility index (Phi) is 10.5. The van der Waals surface area contributed by atoms with Gasteiger partial charge in [-0.15, -0.1) is 0 Å². The van der Waals surface area contributed by atoms with Gasteiger partial charge in [-0.05, 0) is 47.3 Å². The van der Waals surface area contributed by atoms with Crippen molar-refractivity contribution < 1.29 is 43.0 Å². The first-order valence-electron chi connectivity index (χ1n) is 11.6. The van der Waals surface area contributed by atoms with Crippen LogP contribution < -0.4 is 10.1 Å². The normalized spacial score (nSPS) is 12.2. The van der Waals surface area contributed by atoms with E-state index in [2.05, 4.69) is 19.9 Å². The number of aliphatic hydroxyl groups is 1. The number of aliphatic hydroxyl groups excluding tert-OH is 1. The van der Waals surface area contributed by atoms with E-state index >= 15 is 0 Å². The average Bonchev–Trinajstić information content (AvgIpc) is 3.39. The van der Waals surface area contributed by atoms with Crippen molar-refractivity contribution >= 4 is 29.6 Å². The third kappa shape index (κ3) is 8.49. The molecular weight excluding hydrogens is 520 g/mol. The van der Waals surface area contributed by atoms with Crippen molar-refractivity contribution in [1.82, 2.24) is 10.5 Å². The number of methoxy groups -OCH3 is 1. The Morgan fingerprint density at radius 3 is 2.47 bits per heavy atom. The number of ether oxygens (including phenoxy) is 4. The zero-order valence-electron chi connectivity index (χ0n) is 20.7. The average molecular weight is 547 g/mol. The summed E-state index contributed by atoms with van der Waals surface area (Å²) in [5, 5.41) is 17.4. The van der Waals surface area contributed by atoms with Crippen LogP contribution in [0.5, 0.6) is 5.88 Å². The fraction of sp³-hybridized carbons (Fsp3) is 0.308. The highest BCUT2D eigenvalue weighted by Gasteiger charge is 2.26. The minimum Gasteiger partial charge on any atom is -0.479 e. The molecule has 2 aromatic carbocycles. The van der Waals surface area contributed by atoms with Crippen molar-refractivity contribution in [3.8, 4) is 17.0 Å². The largest absolute Gasteiger partial charge is 0.511 e. The van der Waals surface area contributed by atoms with Crippen molar-refractivity contribution in [2.24, 2.45) is 0 Å². The van der Waals surface area contributed by atoms with Crippen LogP contribution in [-0.4, -0.2) is 61.0 Å². The van der Waals surface area contributed by atoms with Crippen LogP contribution in [0.4, 0.5) is 4.79 Å². The second kappa shape index (κ2) is 14.0. The zero-order valence-corrected chi connectivity index (χ0v) is 21.5. The second-order valence-corrected chi connectivity index (χ2v) is 8.41. The van der Waals surface area contributed by atoms with Crippen molar-refractivity contribution in [1.29, 1.82) is 0 Å². The van der Waals surface area contributed by atoms with E-state index in [1.807, 2.05) is 42.5 Å². The first-order valence-corrected chi connectivity index (χ1v) is 12.0. The summed E-state index contributed by atoms with van der Waals surface area (Å²) >= 11 is 6.09. The lowest BCUT2D eigenvalue weighted by Gasteiger charge is -2.21. The fourth-order valence-electron chi connectivity index (χ4n) is 3.45. The summed E-state index contributed by atoms with van der Waals surface area (Å²) in [6.07, 6.45) is -2.58. The summed E-state index contributed by atoms with van der Waals surface area (Å²) in [7, 11) is 1.38. The number of hydrogen-bond acceptors (Lipinski definition) is 10. The monoisotopic (exact) mass is 546 g/mol. The van der Waals surface area contributed by atoms with Gasteiger partial charge in [0.05, 0.1) is 19.8 Å². The molecule has 0 saturated heterocycles. The molecule has 2 N–H and O–H groups in total. The molecule has 3 aromatic rings. The Hall–Kier alpha value is -4.09. The van der Waals surface area contributed by atoms with E-state index in [-0.39, 0.29) is 31.1 Å². The molecule has 11 nitrogen and oxygen atoms in total. The molecule has 38 heavy (non-hydrogen) atoms. The maximum atomic E-state index is 12.7. The lowest BCUT2D eigenvalue weighted by Crippen LogP contribution is -2.41. The first kappa shape index (κ1) is 28.5. The van der Waals surface area contributed by atoms with Gasteiger partial charge in [0.2, 0.25) is 12.6 Å². The molecule has 0 fully saturated rings. The number of carbonyl (C=O) groups is 3. The molecule has 0 radical (unpaired) electrons. The van der Waals surface area contributed by atoms with Crippen LogP contribution in [-0.2, 0) is 25.4 Å². The predicted molar refractivity (Wildman–Crippen MR) is 135 cm³/mol. The summed E-state index contributed by atoms with van der Waals surface area (Å²) in [5.41, 5.74) is 2.70. The van der Waals surface area contributed by atoms with Gasteiger partial charge < -0.3 is 33.9 Å². The molecule has 12 heteroatoms. The molecule has 1 amide bonds. The molecule has 0 spiro atoms. The Balaban J connectivity index is 1.68. The molecule has 202 valence electrons. The molecule has 0 saturated carbocycles. The van der Waals surface area contributed by atoms with E-state index in [4.69, 9.17) is 25.6 Å². The lowest BCUT2D eigenvalue weighted by molar-refractivity contribution is -0.163. The molecule has 0 aliphatic carbocycles. The molecule has 0 bridgehead atoms. The number of esters is 1. The van der Waals surface area contributed by atoms with Crippen molar-refractivity contribution in [2.45, 2.75) is 31.9 Å². The maximum Gasteiger partial charge on any atom is 0.511 e. The van der Waals surface area contributed by atoms with E-state index in [0.717, 1.165) is 16.7 Å². The Bertz CT molecular complexity index is 1230. The summed E-state index contributed by atoms with van der Waals surface area (Å²) in [4.78, 5) is 36.2. The molecule has 1 heterocycles. The number of amides is 1. The number of nitrogens with one attached hydrogen (secondary N) is 1. The van der Waals surface area contributed by atoms with Gasteiger partial charge in [-0.3, -0.25) is 4.79 Å². The number of nitrogens with zero attached hydrogens (tertiary/aromatic N) is 1. The Morgan fingerprint density at radius 2 is 1.82 bits per heavy atom. The smallest absolute Gasteiger partial charge is 0.479 e. The lowest BCUT2D eigenvalue weighted by atomic mass is 9.97. The summed E-state index contributed by atoms with van der Waals surface area (Å²) in [5.74, 6) is -1.64. The van der Waals surface area contributed by atoms with Gasteiger partial charge in [0.15, 0.2) is 6.10 Å². The highest BCUT2D eigenvalue weighted by molar-refractivity contribution is 6.30. The Morgan fingerprint density at radius 1 is 1.05 bits per heavy atom. The minimum absolute atomic E-state index is 0.0912. The number of rotatable bonds is 12. The van der Waals surface area contributed by atoms with E-state index in [9.17, 15) is 19.5 Å². The third-order valence-corrected chi connectivity index (χ3v) is 5.51. The fourth-order valence-corrected chi connectivity index (χ4v) is 3.65. The molecule has 1 aromatic heterocycles. The van der Waals surface area contributed by atoms with Crippen LogP contribution in [0.2, 0.25) is 5.02 Å².